The lowest BCUT2D eigenvalue weighted by Gasteiger charge is -2.33. The molecule has 2 heterocycles. The van der Waals surface area contributed by atoms with Crippen molar-refractivity contribution in [2.75, 3.05) is 45.2 Å². The number of anilines is 1. The number of nitrogens with zero attached hydrogens (tertiary/aromatic N) is 3. The van der Waals surface area contributed by atoms with Crippen LogP contribution in [-0.4, -0.2) is 56.1 Å². The second-order valence-electron chi connectivity index (χ2n) is 7.58. The third kappa shape index (κ3) is 5.79. The van der Waals surface area contributed by atoms with Gasteiger partial charge in [0.05, 0.1) is 11.9 Å². The summed E-state index contributed by atoms with van der Waals surface area (Å²) in [6, 6.07) is 14.6. The summed E-state index contributed by atoms with van der Waals surface area (Å²) in [7, 11) is 3.98. The molecule has 0 radical (unpaired) electrons. The van der Waals surface area contributed by atoms with Crippen molar-refractivity contribution in [3.05, 3.63) is 59.9 Å². The molecular weight excluding hydrogens is 336 g/mol. The summed E-state index contributed by atoms with van der Waals surface area (Å²) >= 11 is 0. The highest BCUT2D eigenvalue weighted by Gasteiger charge is 2.20. The smallest absolute Gasteiger partial charge is 0.269 e. The largest absolute Gasteiger partial charge is 0.370 e. The molecule has 0 aliphatic carbocycles. The maximum absolute atomic E-state index is 12.1. The van der Waals surface area contributed by atoms with Gasteiger partial charge in [-0.2, -0.15) is 0 Å². The van der Waals surface area contributed by atoms with Crippen LogP contribution in [0.2, 0.25) is 0 Å². The Morgan fingerprint density at radius 3 is 2.52 bits per heavy atom. The number of hydrogen-bond acceptors (Lipinski definition) is 4. The van der Waals surface area contributed by atoms with E-state index < -0.39 is 0 Å². The SMILES string of the molecule is CN(C)CCNC(=O)c1ccc(N2CCC(Cc3ccccc3)CC2)cn1. The van der Waals surface area contributed by atoms with E-state index in [0.717, 1.165) is 31.2 Å². The Morgan fingerprint density at radius 1 is 1.15 bits per heavy atom. The van der Waals surface area contributed by atoms with Crippen molar-refractivity contribution in [3.8, 4) is 0 Å². The van der Waals surface area contributed by atoms with Crippen molar-refractivity contribution >= 4 is 11.6 Å². The van der Waals surface area contributed by atoms with Crippen molar-refractivity contribution < 1.29 is 4.79 Å². The third-order valence-electron chi connectivity index (χ3n) is 5.17. The minimum Gasteiger partial charge on any atom is -0.370 e. The molecule has 1 amide bonds. The zero-order chi connectivity index (χ0) is 19.1. The Hall–Kier alpha value is -2.40. The monoisotopic (exact) mass is 366 g/mol. The van der Waals surface area contributed by atoms with E-state index >= 15 is 0 Å². The fraction of sp³-hybridized carbons (Fsp3) is 0.455. The molecule has 0 spiro atoms. The van der Waals surface area contributed by atoms with E-state index in [-0.39, 0.29) is 5.91 Å². The summed E-state index contributed by atoms with van der Waals surface area (Å²) in [5.74, 6) is 0.642. The van der Waals surface area contributed by atoms with Gasteiger partial charge in [-0.05, 0) is 57.0 Å². The molecule has 0 bridgehead atoms. The van der Waals surface area contributed by atoms with Gasteiger partial charge in [0.2, 0.25) is 0 Å². The van der Waals surface area contributed by atoms with Gasteiger partial charge in [-0.15, -0.1) is 0 Å². The van der Waals surface area contributed by atoms with Gasteiger partial charge < -0.3 is 15.1 Å². The first-order chi connectivity index (χ1) is 13.1. The zero-order valence-electron chi connectivity index (χ0n) is 16.4. The topological polar surface area (TPSA) is 48.5 Å². The lowest BCUT2D eigenvalue weighted by atomic mass is 9.90. The summed E-state index contributed by atoms with van der Waals surface area (Å²) < 4.78 is 0. The standard InChI is InChI=1S/C22H30N4O/c1-25(2)15-12-23-22(27)21-9-8-20(17-24-21)26-13-10-19(11-14-26)16-18-6-4-3-5-7-18/h3-9,17,19H,10-16H2,1-2H3,(H,23,27). The minimum atomic E-state index is -0.107. The van der Waals surface area contributed by atoms with E-state index in [9.17, 15) is 4.79 Å². The Labute approximate surface area is 162 Å². The highest BCUT2D eigenvalue weighted by molar-refractivity contribution is 5.92. The molecule has 0 unspecified atom stereocenters. The van der Waals surface area contributed by atoms with Crippen LogP contribution in [0.25, 0.3) is 0 Å². The highest BCUT2D eigenvalue weighted by Crippen LogP contribution is 2.25. The van der Waals surface area contributed by atoms with E-state index in [1.807, 2.05) is 37.3 Å². The molecule has 0 atom stereocenters. The van der Waals surface area contributed by atoms with Crippen molar-refractivity contribution in [2.24, 2.45) is 5.92 Å². The summed E-state index contributed by atoms with van der Waals surface area (Å²) in [6.45, 7) is 3.55. The Balaban J connectivity index is 1.47. The molecular formula is C22H30N4O. The summed E-state index contributed by atoms with van der Waals surface area (Å²) in [4.78, 5) is 20.9. The average Bonchev–Trinajstić information content (AvgIpc) is 2.69. The Kier molecular flexibility index (Phi) is 6.82. The molecule has 5 heteroatoms. The molecule has 3 rings (SSSR count). The first-order valence-corrected chi connectivity index (χ1v) is 9.79. The van der Waals surface area contributed by atoms with Crippen molar-refractivity contribution in [3.63, 3.8) is 0 Å². The van der Waals surface area contributed by atoms with Gasteiger partial charge in [0, 0.05) is 26.2 Å². The number of nitrogens with one attached hydrogen (secondary N) is 1. The second-order valence-corrected chi connectivity index (χ2v) is 7.58. The summed E-state index contributed by atoms with van der Waals surface area (Å²) in [6.07, 6.45) is 5.39. The van der Waals surface area contributed by atoms with Gasteiger partial charge in [-0.1, -0.05) is 30.3 Å². The van der Waals surface area contributed by atoms with Crippen LogP contribution in [0.5, 0.6) is 0 Å². The van der Waals surface area contributed by atoms with E-state index in [0.29, 0.717) is 12.2 Å². The average molecular weight is 367 g/mol. The van der Waals surface area contributed by atoms with E-state index in [1.165, 1.54) is 24.8 Å². The highest BCUT2D eigenvalue weighted by atomic mass is 16.1. The minimum absolute atomic E-state index is 0.107. The van der Waals surface area contributed by atoms with Gasteiger partial charge in [-0.3, -0.25) is 4.79 Å². The second kappa shape index (κ2) is 9.51. The molecule has 0 saturated carbocycles. The molecule has 27 heavy (non-hydrogen) atoms. The van der Waals surface area contributed by atoms with Gasteiger partial charge in [0.25, 0.3) is 5.91 Å². The lowest BCUT2D eigenvalue weighted by molar-refractivity contribution is 0.0946. The van der Waals surface area contributed by atoms with Crippen LogP contribution in [0.3, 0.4) is 0 Å². The quantitative estimate of drug-likeness (QED) is 0.819. The molecule has 1 N–H and O–H groups in total. The molecule has 1 aliphatic heterocycles. The van der Waals surface area contributed by atoms with Crippen molar-refractivity contribution in [1.82, 2.24) is 15.2 Å². The van der Waals surface area contributed by atoms with Crippen LogP contribution in [0.15, 0.2) is 48.7 Å². The molecule has 1 aromatic carbocycles. The Morgan fingerprint density at radius 2 is 1.89 bits per heavy atom. The van der Waals surface area contributed by atoms with Gasteiger partial charge in [-0.25, -0.2) is 4.98 Å². The fourth-order valence-electron chi connectivity index (χ4n) is 3.53. The first-order valence-electron chi connectivity index (χ1n) is 9.79. The normalized spacial score (nSPS) is 15.1. The molecule has 1 aromatic heterocycles. The molecule has 1 fully saturated rings. The third-order valence-corrected chi connectivity index (χ3v) is 5.17. The molecule has 1 aliphatic rings. The molecule has 5 nitrogen and oxygen atoms in total. The van der Waals surface area contributed by atoms with E-state index in [4.69, 9.17) is 0 Å². The van der Waals surface area contributed by atoms with Gasteiger partial charge in [0.15, 0.2) is 0 Å². The number of benzene rings is 1. The van der Waals surface area contributed by atoms with Crippen LogP contribution >= 0.6 is 0 Å². The number of pyridine rings is 1. The van der Waals surface area contributed by atoms with Crippen LogP contribution < -0.4 is 10.2 Å². The fourth-order valence-corrected chi connectivity index (χ4v) is 3.53. The number of hydrogen-bond donors (Lipinski definition) is 1. The van der Waals surface area contributed by atoms with Gasteiger partial charge >= 0.3 is 0 Å². The molecule has 1 saturated heterocycles. The number of piperidine rings is 1. The number of likely N-dealkylation sites (N-methyl/N-ethyl adjacent to an activating group) is 1. The Bertz CT molecular complexity index is 707. The number of amides is 1. The van der Waals surface area contributed by atoms with Crippen LogP contribution in [0, 0.1) is 5.92 Å². The van der Waals surface area contributed by atoms with Crippen LogP contribution in [0.1, 0.15) is 28.9 Å². The predicted molar refractivity (Wildman–Crippen MR) is 110 cm³/mol. The number of rotatable bonds is 7. The maximum atomic E-state index is 12.1. The molecule has 2 aromatic rings. The van der Waals surface area contributed by atoms with E-state index in [1.54, 1.807) is 0 Å². The van der Waals surface area contributed by atoms with Gasteiger partial charge in [0.1, 0.15) is 5.69 Å². The predicted octanol–water partition coefficient (Wildman–Crippen LogP) is 2.83. The lowest BCUT2D eigenvalue weighted by Crippen LogP contribution is -2.34. The van der Waals surface area contributed by atoms with E-state index in [2.05, 4.69) is 45.5 Å². The molecule has 144 valence electrons. The summed E-state index contributed by atoms with van der Waals surface area (Å²) in [5.41, 5.74) is 3.02. The van der Waals surface area contributed by atoms with Crippen molar-refractivity contribution in [1.29, 1.82) is 0 Å². The van der Waals surface area contributed by atoms with Crippen molar-refractivity contribution in [2.45, 2.75) is 19.3 Å². The summed E-state index contributed by atoms with van der Waals surface area (Å²) in [5, 5.41) is 2.90. The first kappa shape index (κ1) is 19.4. The number of aromatic nitrogens is 1. The number of carbonyl (C=O) groups excluding carboxylic acids is 1. The maximum Gasteiger partial charge on any atom is 0.269 e. The number of carbonyl (C=O) groups is 1. The van der Waals surface area contributed by atoms with Crippen LogP contribution in [0.4, 0.5) is 5.69 Å². The van der Waals surface area contributed by atoms with Crippen LogP contribution in [-0.2, 0) is 6.42 Å². The zero-order valence-corrected chi connectivity index (χ0v) is 16.4.